The molecule has 1 aromatic heterocycles. The molecular formula is C10H16N4O4. The van der Waals surface area contributed by atoms with Crippen molar-refractivity contribution in [1.29, 1.82) is 0 Å². The van der Waals surface area contributed by atoms with Crippen LogP contribution in [0.3, 0.4) is 0 Å². The summed E-state index contributed by atoms with van der Waals surface area (Å²) >= 11 is 0. The molecule has 0 spiro atoms. The molecule has 2 N–H and O–H groups in total. The van der Waals surface area contributed by atoms with Gasteiger partial charge in [-0.15, -0.1) is 5.10 Å². The molecule has 0 saturated carbocycles. The van der Waals surface area contributed by atoms with E-state index in [2.05, 4.69) is 15.6 Å². The fourth-order valence-corrected chi connectivity index (χ4v) is 1.25. The third-order valence-electron chi connectivity index (χ3n) is 1.90. The third kappa shape index (κ3) is 3.72. The van der Waals surface area contributed by atoms with Crippen LogP contribution in [0.1, 0.15) is 37.0 Å². The summed E-state index contributed by atoms with van der Waals surface area (Å²) in [6.45, 7) is 5.15. The molecule has 0 aromatic carbocycles. The van der Waals surface area contributed by atoms with Crippen LogP contribution in [0, 0.1) is 0 Å². The van der Waals surface area contributed by atoms with Gasteiger partial charge in [0.05, 0.1) is 6.54 Å². The molecule has 1 heterocycles. The number of carboxylic acid groups (broad SMARTS) is 1. The van der Waals surface area contributed by atoms with Crippen molar-refractivity contribution in [2.75, 3.05) is 0 Å². The number of carbonyl (C=O) groups is 2. The van der Waals surface area contributed by atoms with E-state index >= 15 is 0 Å². The first-order valence-electron chi connectivity index (χ1n) is 5.29. The van der Waals surface area contributed by atoms with Gasteiger partial charge in [-0.2, -0.15) is 0 Å². The first-order valence-corrected chi connectivity index (χ1v) is 5.29. The van der Waals surface area contributed by atoms with Crippen LogP contribution in [0.15, 0.2) is 0 Å². The summed E-state index contributed by atoms with van der Waals surface area (Å²) < 4.78 is 6.15. The summed E-state index contributed by atoms with van der Waals surface area (Å²) in [5, 5.41) is 18.6. The van der Waals surface area contributed by atoms with Crippen LogP contribution in [0.4, 0.5) is 4.79 Å². The van der Waals surface area contributed by atoms with E-state index < -0.39 is 17.7 Å². The van der Waals surface area contributed by atoms with Crippen molar-refractivity contribution in [2.45, 2.75) is 32.9 Å². The third-order valence-corrected chi connectivity index (χ3v) is 1.90. The molecule has 0 aliphatic carbocycles. The Hall–Kier alpha value is -2.12. The molecule has 0 radical (unpaired) electrons. The first-order chi connectivity index (χ1) is 8.20. The van der Waals surface area contributed by atoms with Crippen LogP contribution in [-0.2, 0) is 18.3 Å². The second-order valence-corrected chi connectivity index (χ2v) is 4.67. The molecule has 1 amide bonds. The number of hydrogen-bond donors (Lipinski definition) is 2. The normalized spacial score (nSPS) is 11.1. The van der Waals surface area contributed by atoms with E-state index in [9.17, 15) is 9.59 Å². The van der Waals surface area contributed by atoms with Gasteiger partial charge in [-0.05, 0) is 20.8 Å². The zero-order chi connectivity index (χ0) is 13.9. The zero-order valence-electron chi connectivity index (χ0n) is 10.7. The lowest BCUT2D eigenvalue weighted by Crippen LogP contribution is -2.32. The Morgan fingerprint density at radius 1 is 1.44 bits per heavy atom. The van der Waals surface area contributed by atoms with E-state index in [1.165, 1.54) is 7.05 Å². The molecule has 1 rings (SSSR count). The number of hydrogen-bond acceptors (Lipinski definition) is 5. The number of aryl methyl sites for hydroxylation is 1. The van der Waals surface area contributed by atoms with Crippen molar-refractivity contribution >= 4 is 12.1 Å². The highest BCUT2D eigenvalue weighted by Gasteiger charge is 2.20. The lowest BCUT2D eigenvalue weighted by atomic mass is 10.2. The predicted octanol–water partition coefficient (Wildman–Crippen LogP) is 0.538. The first kappa shape index (κ1) is 13.9. The standard InChI is InChI=1S/C10H16N4O4/c1-10(2,3)18-9(17)11-5-6-7(8(15)16)14(4)13-12-6/h5H2,1-4H3,(H,11,17)(H,15,16). The highest BCUT2D eigenvalue weighted by atomic mass is 16.6. The topological polar surface area (TPSA) is 106 Å². The largest absolute Gasteiger partial charge is 0.476 e. The molecule has 0 fully saturated rings. The molecule has 100 valence electrons. The van der Waals surface area contributed by atoms with E-state index in [1.807, 2.05) is 0 Å². The maximum Gasteiger partial charge on any atom is 0.407 e. The zero-order valence-corrected chi connectivity index (χ0v) is 10.7. The summed E-state index contributed by atoms with van der Waals surface area (Å²) in [6, 6.07) is 0. The summed E-state index contributed by atoms with van der Waals surface area (Å²) in [5.41, 5.74) is -0.496. The molecule has 0 atom stereocenters. The summed E-state index contributed by atoms with van der Waals surface area (Å²) in [4.78, 5) is 22.3. The number of carbonyl (C=O) groups excluding carboxylic acids is 1. The Balaban J connectivity index is 2.65. The molecule has 0 aliphatic rings. The van der Waals surface area contributed by atoms with E-state index in [0.29, 0.717) is 0 Å². The number of nitrogens with zero attached hydrogens (tertiary/aromatic N) is 3. The monoisotopic (exact) mass is 256 g/mol. The highest BCUT2D eigenvalue weighted by molar-refractivity contribution is 5.86. The van der Waals surface area contributed by atoms with Gasteiger partial charge in [0, 0.05) is 7.05 Å². The number of rotatable bonds is 3. The number of nitrogens with one attached hydrogen (secondary N) is 1. The minimum absolute atomic E-state index is 0.0512. The van der Waals surface area contributed by atoms with Crippen LogP contribution < -0.4 is 5.32 Å². The van der Waals surface area contributed by atoms with Crippen LogP contribution >= 0.6 is 0 Å². The molecule has 8 heteroatoms. The van der Waals surface area contributed by atoms with Crippen LogP contribution in [0.5, 0.6) is 0 Å². The Labute approximate surface area is 104 Å². The second kappa shape index (κ2) is 5.03. The average molecular weight is 256 g/mol. The average Bonchev–Trinajstić information content (AvgIpc) is 2.54. The van der Waals surface area contributed by atoms with E-state index in [0.717, 1.165) is 4.68 Å². The lowest BCUT2D eigenvalue weighted by molar-refractivity contribution is 0.0520. The van der Waals surface area contributed by atoms with E-state index in [-0.39, 0.29) is 17.9 Å². The van der Waals surface area contributed by atoms with Gasteiger partial charge >= 0.3 is 12.1 Å². The summed E-state index contributed by atoms with van der Waals surface area (Å²) in [7, 11) is 1.47. The minimum atomic E-state index is -1.15. The molecule has 0 aliphatic heterocycles. The fourth-order valence-electron chi connectivity index (χ4n) is 1.25. The Bertz CT molecular complexity index is 461. The van der Waals surface area contributed by atoms with Gasteiger partial charge in [0.25, 0.3) is 0 Å². The number of carboxylic acids is 1. The van der Waals surface area contributed by atoms with E-state index in [4.69, 9.17) is 9.84 Å². The SMILES string of the molecule is Cn1nnc(CNC(=O)OC(C)(C)C)c1C(=O)O. The van der Waals surface area contributed by atoms with Gasteiger partial charge in [0.15, 0.2) is 5.69 Å². The van der Waals surface area contributed by atoms with Crippen molar-refractivity contribution in [1.82, 2.24) is 20.3 Å². The maximum atomic E-state index is 11.4. The number of aromatic carboxylic acids is 1. The smallest absolute Gasteiger partial charge is 0.407 e. The van der Waals surface area contributed by atoms with Crippen molar-refractivity contribution in [3.63, 3.8) is 0 Å². The second-order valence-electron chi connectivity index (χ2n) is 4.67. The quantitative estimate of drug-likeness (QED) is 0.817. The van der Waals surface area contributed by atoms with Crippen LogP contribution in [0.25, 0.3) is 0 Å². The van der Waals surface area contributed by atoms with Crippen molar-refractivity contribution in [3.8, 4) is 0 Å². The van der Waals surface area contributed by atoms with Gasteiger partial charge in [0.1, 0.15) is 11.3 Å². The van der Waals surface area contributed by atoms with Gasteiger partial charge < -0.3 is 15.2 Å². The predicted molar refractivity (Wildman–Crippen MR) is 61.0 cm³/mol. The van der Waals surface area contributed by atoms with E-state index in [1.54, 1.807) is 20.8 Å². The maximum absolute atomic E-state index is 11.4. The van der Waals surface area contributed by atoms with Crippen LogP contribution in [0.2, 0.25) is 0 Å². The van der Waals surface area contributed by atoms with Gasteiger partial charge in [-0.3, -0.25) is 0 Å². The van der Waals surface area contributed by atoms with Crippen LogP contribution in [-0.4, -0.2) is 37.8 Å². The Kier molecular flexibility index (Phi) is 3.89. The molecule has 0 saturated heterocycles. The number of alkyl carbamates (subject to hydrolysis) is 1. The summed E-state index contributed by atoms with van der Waals surface area (Å²) in [6.07, 6.45) is -0.635. The molecule has 8 nitrogen and oxygen atoms in total. The molecule has 0 bridgehead atoms. The van der Waals surface area contributed by atoms with Gasteiger partial charge in [-0.1, -0.05) is 5.21 Å². The highest BCUT2D eigenvalue weighted by Crippen LogP contribution is 2.08. The summed E-state index contributed by atoms with van der Waals surface area (Å²) in [5.74, 6) is -1.15. The number of ether oxygens (including phenoxy) is 1. The fraction of sp³-hybridized carbons (Fsp3) is 0.600. The Morgan fingerprint density at radius 2 is 2.06 bits per heavy atom. The minimum Gasteiger partial charge on any atom is -0.476 e. The lowest BCUT2D eigenvalue weighted by Gasteiger charge is -2.19. The Morgan fingerprint density at radius 3 is 2.56 bits per heavy atom. The molecule has 0 unspecified atom stereocenters. The number of amides is 1. The van der Waals surface area contributed by atoms with Crippen molar-refractivity contribution in [2.24, 2.45) is 7.05 Å². The van der Waals surface area contributed by atoms with Crippen molar-refractivity contribution < 1.29 is 19.4 Å². The molecule has 18 heavy (non-hydrogen) atoms. The van der Waals surface area contributed by atoms with Gasteiger partial charge in [0.2, 0.25) is 0 Å². The van der Waals surface area contributed by atoms with Gasteiger partial charge in [-0.25, -0.2) is 14.3 Å². The molecule has 1 aromatic rings. The molecular weight excluding hydrogens is 240 g/mol. The number of aromatic nitrogens is 3. The van der Waals surface area contributed by atoms with Crippen molar-refractivity contribution in [3.05, 3.63) is 11.4 Å².